The van der Waals surface area contributed by atoms with E-state index in [-0.39, 0.29) is 5.41 Å². The molecule has 3 heteroatoms. The predicted molar refractivity (Wildman–Crippen MR) is 140 cm³/mol. The lowest BCUT2D eigenvalue weighted by molar-refractivity contribution is 0.590. The first kappa shape index (κ1) is 22.5. The van der Waals surface area contributed by atoms with Gasteiger partial charge in [0.2, 0.25) is 0 Å². The van der Waals surface area contributed by atoms with Crippen molar-refractivity contribution in [2.45, 2.75) is 40.0 Å². The van der Waals surface area contributed by atoms with Gasteiger partial charge in [-0.25, -0.2) is 0 Å². The molecule has 0 saturated carbocycles. The lowest BCUT2D eigenvalue weighted by atomic mass is 9.86. The van der Waals surface area contributed by atoms with E-state index in [4.69, 9.17) is 0 Å². The summed E-state index contributed by atoms with van der Waals surface area (Å²) in [7, 11) is 0. The minimum Gasteiger partial charge on any atom is -0.275 e. The average Bonchev–Trinajstić information content (AvgIpc) is 3.27. The highest BCUT2D eigenvalue weighted by atomic mass is 15.3. The summed E-state index contributed by atoms with van der Waals surface area (Å²) in [6.07, 6.45) is 6.24. The summed E-state index contributed by atoms with van der Waals surface area (Å²) in [5.74, 6) is 1.67. The molecule has 0 saturated heterocycles. The third kappa shape index (κ3) is 4.73. The molecule has 0 radical (unpaired) electrons. The maximum Gasteiger partial charge on any atom is 0.168 e. The summed E-state index contributed by atoms with van der Waals surface area (Å²) in [6.45, 7) is 10.8. The molecule has 0 aliphatic heterocycles. The van der Waals surface area contributed by atoms with E-state index in [2.05, 4.69) is 120 Å². The largest absolute Gasteiger partial charge is 0.275 e. The van der Waals surface area contributed by atoms with Gasteiger partial charge in [-0.2, -0.15) is 0 Å². The number of hydrogen-bond donors (Lipinski definition) is 0. The molecule has 4 rings (SSSR count). The maximum atomic E-state index is 4.63. The molecule has 0 atom stereocenters. The quantitative estimate of drug-likeness (QED) is 0.298. The van der Waals surface area contributed by atoms with E-state index in [1.54, 1.807) is 0 Å². The highest BCUT2D eigenvalue weighted by molar-refractivity contribution is 5.75. The summed E-state index contributed by atoms with van der Waals surface area (Å²) >= 11 is 0. The summed E-state index contributed by atoms with van der Waals surface area (Å²) in [5.41, 5.74) is 6.91. The van der Waals surface area contributed by atoms with Crippen LogP contribution in [-0.2, 0) is 5.41 Å². The Morgan fingerprint density at radius 3 is 1.64 bits per heavy atom. The first-order valence-electron chi connectivity index (χ1n) is 11.4. The first-order chi connectivity index (χ1) is 15.9. The van der Waals surface area contributed by atoms with Crippen LogP contribution >= 0.6 is 0 Å². The zero-order valence-electron chi connectivity index (χ0n) is 20.1. The van der Waals surface area contributed by atoms with Gasteiger partial charge in [0.15, 0.2) is 11.6 Å². The van der Waals surface area contributed by atoms with Crippen LogP contribution in [0.25, 0.3) is 39.6 Å². The molecule has 3 nitrogen and oxygen atoms in total. The van der Waals surface area contributed by atoms with Crippen molar-refractivity contribution in [1.82, 2.24) is 14.8 Å². The number of benzene rings is 3. The standard InChI is InChI=1S/C30H31N3/c1-6-11-27(7-2)33-28(24-16-14-23(15-17-24)22-12-9-8-10-13-22)31-32-29(33)25-18-20-26(21-19-25)30(3,4)5/h6-21H,1-5H3/b11-6-,27-7+. The third-order valence-electron chi connectivity index (χ3n) is 5.81. The molecule has 0 fully saturated rings. The Morgan fingerprint density at radius 2 is 1.15 bits per heavy atom. The molecule has 1 heterocycles. The molecular weight excluding hydrogens is 402 g/mol. The second kappa shape index (κ2) is 9.41. The van der Waals surface area contributed by atoms with E-state index in [1.165, 1.54) is 16.7 Å². The maximum absolute atomic E-state index is 4.63. The summed E-state index contributed by atoms with van der Waals surface area (Å²) in [6, 6.07) is 27.6. The van der Waals surface area contributed by atoms with Crippen LogP contribution < -0.4 is 0 Å². The van der Waals surface area contributed by atoms with E-state index >= 15 is 0 Å². The first-order valence-corrected chi connectivity index (χ1v) is 11.4. The van der Waals surface area contributed by atoms with E-state index in [0.717, 1.165) is 28.5 Å². The number of rotatable bonds is 5. The minimum atomic E-state index is 0.108. The molecule has 166 valence electrons. The molecule has 0 aliphatic carbocycles. The average molecular weight is 434 g/mol. The van der Waals surface area contributed by atoms with Gasteiger partial charge in [-0.3, -0.25) is 4.57 Å². The van der Waals surface area contributed by atoms with Gasteiger partial charge in [0.05, 0.1) is 0 Å². The van der Waals surface area contributed by atoms with Crippen molar-refractivity contribution in [3.05, 3.63) is 103 Å². The molecular formula is C30H31N3. The summed E-state index contributed by atoms with van der Waals surface area (Å²) in [5, 5.41) is 9.25. The van der Waals surface area contributed by atoms with Crippen LogP contribution in [0.5, 0.6) is 0 Å². The molecule has 1 aromatic heterocycles. The Morgan fingerprint density at radius 1 is 0.667 bits per heavy atom. The van der Waals surface area contributed by atoms with Crippen molar-refractivity contribution >= 4 is 5.70 Å². The van der Waals surface area contributed by atoms with Gasteiger partial charge in [-0.15, -0.1) is 10.2 Å². The van der Waals surface area contributed by atoms with Crippen LogP contribution in [0.1, 0.15) is 40.2 Å². The van der Waals surface area contributed by atoms with E-state index < -0.39 is 0 Å². The van der Waals surface area contributed by atoms with Gasteiger partial charge < -0.3 is 0 Å². The molecule has 0 unspecified atom stereocenters. The van der Waals surface area contributed by atoms with Crippen LogP contribution in [0.2, 0.25) is 0 Å². The van der Waals surface area contributed by atoms with Crippen LogP contribution in [-0.4, -0.2) is 14.8 Å². The monoisotopic (exact) mass is 433 g/mol. The van der Waals surface area contributed by atoms with Gasteiger partial charge in [0, 0.05) is 16.8 Å². The fraction of sp³-hybridized carbons (Fsp3) is 0.200. The molecule has 4 aromatic rings. The van der Waals surface area contributed by atoms with Crippen molar-refractivity contribution in [1.29, 1.82) is 0 Å². The van der Waals surface area contributed by atoms with Crippen LogP contribution in [0.15, 0.2) is 97.1 Å². The highest BCUT2D eigenvalue weighted by Crippen LogP contribution is 2.31. The van der Waals surface area contributed by atoms with Crippen molar-refractivity contribution in [2.24, 2.45) is 0 Å². The second-order valence-electron chi connectivity index (χ2n) is 9.17. The van der Waals surface area contributed by atoms with Crippen LogP contribution in [0.4, 0.5) is 0 Å². The predicted octanol–water partition coefficient (Wildman–Crippen LogP) is 8.01. The zero-order chi connectivity index (χ0) is 23.4. The Kier molecular flexibility index (Phi) is 6.41. The smallest absolute Gasteiger partial charge is 0.168 e. The van der Waals surface area contributed by atoms with Gasteiger partial charge in [-0.1, -0.05) is 112 Å². The molecule has 0 spiro atoms. The lowest BCUT2D eigenvalue weighted by Crippen LogP contribution is -2.10. The van der Waals surface area contributed by atoms with Crippen LogP contribution in [0, 0.1) is 0 Å². The Bertz CT molecular complexity index is 1270. The lowest BCUT2D eigenvalue weighted by Gasteiger charge is -2.19. The van der Waals surface area contributed by atoms with Crippen LogP contribution in [0.3, 0.4) is 0 Å². The minimum absolute atomic E-state index is 0.108. The number of allylic oxidation sites excluding steroid dienone is 4. The summed E-state index contributed by atoms with van der Waals surface area (Å²) < 4.78 is 2.14. The Hall–Kier alpha value is -3.72. The molecule has 0 aliphatic rings. The SMILES string of the molecule is C/C=C\C(=C/C)n1c(-c2ccc(-c3ccccc3)cc2)nnc1-c1ccc(C(C)(C)C)cc1. The van der Waals surface area contributed by atoms with E-state index in [0.29, 0.717) is 0 Å². The van der Waals surface area contributed by atoms with Crippen molar-refractivity contribution in [2.75, 3.05) is 0 Å². The third-order valence-corrected chi connectivity index (χ3v) is 5.81. The second-order valence-corrected chi connectivity index (χ2v) is 9.17. The molecule has 3 aromatic carbocycles. The molecule has 33 heavy (non-hydrogen) atoms. The topological polar surface area (TPSA) is 30.7 Å². The van der Waals surface area contributed by atoms with Gasteiger partial charge in [0.25, 0.3) is 0 Å². The van der Waals surface area contributed by atoms with Gasteiger partial charge >= 0.3 is 0 Å². The highest BCUT2D eigenvalue weighted by Gasteiger charge is 2.19. The molecule has 0 bridgehead atoms. The normalized spacial score (nSPS) is 12.5. The fourth-order valence-electron chi connectivity index (χ4n) is 3.93. The van der Waals surface area contributed by atoms with Gasteiger partial charge in [-0.05, 0) is 42.0 Å². The fourth-order valence-corrected chi connectivity index (χ4v) is 3.93. The van der Waals surface area contributed by atoms with E-state index in [1.807, 2.05) is 26.0 Å². The number of hydrogen-bond acceptors (Lipinski definition) is 2. The van der Waals surface area contributed by atoms with E-state index in [9.17, 15) is 0 Å². The van der Waals surface area contributed by atoms with Gasteiger partial charge in [0.1, 0.15) is 0 Å². The molecule has 0 amide bonds. The zero-order valence-corrected chi connectivity index (χ0v) is 20.1. The Labute approximate surface area is 197 Å². The van der Waals surface area contributed by atoms with Crippen molar-refractivity contribution < 1.29 is 0 Å². The number of aromatic nitrogens is 3. The van der Waals surface area contributed by atoms with Crippen molar-refractivity contribution in [3.8, 4) is 33.9 Å². The summed E-state index contributed by atoms with van der Waals surface area (Å²) in [4.78, 5) is 0. The Balaban J connectivity index is 1.80. The van der Waals surface area contributed by atoms with Crippen molar-refractivity contribution in [3.63, 3.8) is 0 Å². The number of nitrogens with zero attached hydrogens (tertiary/aromatic N) is 3. The molecule has 0 N–H and O–H groups in total.